The lowest BCUT2D eigenvalue weighted by Crippen LogP contribution is -2.49. The van der Waals surface area contributed by atoms with Gasteiger partial charge >= 0.3 is 0 Å². The molecular weight excluding hydrogens is 268 g/mol. The highest BCUT2D eigenvalue weighted by atomic mass is 16.2. The zero-order chi connectivity index (χ0) is 14.8. The van der Waals surface area contributed by atoms with Gasteiger partial charge in [0.15, 0.2) is 0 Å². The summed E-state index contributed by atoms with van der Waals surface area (Å²) in [6.07, 6.45) is 2.73. The zero-order valence-corrected chi connectivity index (χ0v) is 12.1. The van der Waals surface area contributed by atoms with Crippen molar-refractivity contribution in [3.63, 3.8) is 0 Å². The number of anilines is 1. The maximum Gasteiger partial charge on any atom is 0.234 e. The van der Waals surface area contributed by atoms with E-state index in [9.17, 15) is 9.59 Å². The smallest absolute Gasteiger partial charge is 0.234 e. The van der Waals surface area contributed by atoms with E-state index in [2.05, 4.69) is 27.4 Å². The molecule has 3 rings (SSSR count). The number of hydrogen-bond donors (Lipinski definition) is 2. The van der Waals surface area contributed by atoms with Crippen molar-refractivity contribution in [3.05, 3.63) is 23.9 Å². The van der Waals surface area contributed by atoms with Crippen molar-refractivity contribution in [1.82, 2.24) is 15.6 Å². The molecule has 2 unspecified atom stereocenters. The minimum absolute atomic E-state index is 0.185. The topological polar surface area (TPSA) is 74.3 Å². The van der Waals surface area contributed by atoms with Gasteiger partial charge in [0.1, 0.15) is 5.82 Å². The summed E-state index contributed by atoms with van der Waals surface area (Å²) in [7, 11) is 0. The lowest BCUT2D eigenvalue weighted by atomic mass is 9.92. The van der Waals surface area contributed by atoms with Gasteiger partial charge in [-0.05, 0) is 25.0 Å². The molecule has 21 heavy (non-hydrogen) atoms. The van der Waals surface area contributed by atoms with Crippen LogP contribution in [-0.2, 0) is 9.59 Å². The molecule has 2 saturated heterocycles. The number of nitrogens with zero attached hydrogens (tertiary/aromatic N) is 2. The van der Waals surface area contributed by atoms with E-state index in [1.54, 1.807) is 6.20 Å². The fourth-order valence-electron chi connectivity index (χ4n) is 2.94. The Morgan fingerprint density at radius 3 is 2.86 bits per heavy atom. The first kappa shape index (κ1) is 14.0. The summed E-state index contributed by atoms with van der Waals surface area (Å²) in [6.45, 7) is 4.99. The molecule has 6 nitrogen and oxygen atoms in total. The largest absolute Gasteiger partial charge is 0.354 e. The summed E-state index contributed by atoms with van der Waals surface area (Å²) in [4.78, 5) is 29.8. The van der Waals surface area contributed by atoms with Gasteiger partial charge in [0, 0.05) is 38.3 Å². The van der Waals surface area contributed by atoms with Crippen molar-refractivity contribution in [2.45, 2.75) is 31.7 Å². The molecule has 0 bridgehead atoms. The number of piperazine rings is 1. The summed E-state index contributed by atoms with van der Waals surface area (Å²) < 4.78 is 0. The molecule has 1 aromatic heterocycles. The van der Waals surface area contributed by atoms with E-state index < -0.39 is 0 Å². The Balaban J connectivity index is 1.72. The standard InChI is InChI=1S/C15H20N4O2/c1-10-9-19(7-6-16-10)13-4-2-11(8-17-13)12-3-5-14(20)18-15(12)21/h2,4,8,10,12,16H,3,5-7,9H2,1H3,(H,18,20,21). The second kappa shape index (κ2) is 5.81. The Hall–Kier alpha value is -1.95. The molecule has 2 aliphatic heterocycles. The van der Waals surface area contributed by atoms with Crippen molar-refractivity contribution in [3.8, 4) is 0 Å². The van der Waals surface area contributed by atoms with Crippen LogP contribution < -0.4 is 15.5 Å². The van der Waals surface area contributed by atoms with Crippen LogP contribution in [0.5, 0.6) is 0 Å². The molecule has 0 radical (unpaired) electrons. The Morgan fingerprint density at radius 2 is 2.19 bits per heavy atom. The van der Waals surface area contributed by atoms with Gasteiger partial charge < -0.3 is 10.2 Å². The van der Waals surface area contributed by atoms with E-state index in [4.69, 9.17) is 0 Å². The highest BCUT2D eigenvalue weighted by molar-refractivity contribution is 6.00. The number of imide groups is 1. The highest BCUT2D eigenvalue weighted by Gasteiger charge is 2.28. The first-order valence-corrected chi connectivity index (χ1v) is 7.41. The predicted octanol–water partition coefficient (Wildman–Crippen LogP) is 0.400. The maximum atomic E-state index is 11.9. The molecule has 0 spiro atoms. The molecule has 112 valence electrons. The Morgan fingerprint density at radius 1 is 1.33 bits per heavy atom. The van der Waals surface area contributed by atoms with Crippen molar-refractivity contribution >= 4 is 17.6 Å². The van der Waals surface area contributed by atoms with E-state index in [0.29, 0.717) is 18.9 Å². The molecule has 2 atom stereocenters. The highest BCUT2D eigenvalue weighted by Crippen LogP contribution is 2.25. The summed E-state index contributed by atoms with van der Waals surface area (Å²) in [5, 5.41) is 5.79. The third-order valence-electron chi connectivity index (χ3n) is 4.11. The quantitative estimate of drug-likeness (QED) is 0.771. The van der Waals surface area contributed by atoms with Crippen LogP contribution >= 0.6 is 0 Å². The van der Waals surface area contributed by atoms with Crippen LogP contribution in [0, 0.1) is 0 Å². The molecule has 2 N–H and O–H groups in total. The van der Waals surface area contributed by atoms with Gasteiger partial charge in [-0.25, -0.2) is 4.98 Å². The first-order chi connectivity index (χ1) is 10.1. The van der Waals surface area contributed by atoms with E-state index in [1.165, 1.54) is 0 Å². The van der Waals surface area contributed by atoms with Gasteiger partial charge in [-0.1, -0.05) is 6.07 Å². The van der Waals surface area contributed by atoms with Crippen LogP contribution in [0.2, 0.25) is 0 Å². The minimum atomic E-state index is -0.258. The molecule has 0 aromatic carbocycles. The zero-order valence-electron chi connectivity index (χ0n) is 12.1. The van der Waals surface area contributed by atoms with Gasteiger partial charge in [0.05, 0.1) is 5.92 Å². The average molecular weight is 288 g/mol. The number of aromatic nitrogens is 1. The minimum Gasteiger partial charge on any atom is -0.354 e. The van der Waals surface area contributed by atoms with Crippen LogP contribution in [0.4, 0.5) is 5.82 Å². The number of amides is 2. The van der Waals surface area contributed by atoms with Crippen molar-refractivity contribution in [2.24, 2.45) is 0 Å². The predicted molar refractivity (Wildman–Crippen MR) is 79.0 cm³/mol. The van der Waals surface area contributed by atoms with Gasteiger partial charge in [-0.2, -0.15) is 0 Å². The van der Waals surface area contributed by atoms with Gasteiger partial charge in [0.2, 0.25) is 11.8 Å². The van der Waals surface area contributed by atoms with E-state index >= 15 is 0 Å². The number of hydrogen-bond acceptors (Lipinski definition) is 5. The van der Waals surface area contributed by atoms with Crippen LogP contribution in [0.25, 0.3) is 0 Å². The molecule has 0 saturated carbocycles. The number of rotatable bonds is 2. The first-order valence-electron chi connectivity index (χ1n) is 7.41. The summed E-state index contributed by atoms with van der Waals surface area (Å²) in [6, 6.07) is 4.38. The van der Waals surface area contributed by atoms with Crippen LogP contribution in [-0.4, -0.2) is 42.5 Å². The second-order valence-corrected chi connectivity index (χ2v) is 5.75. The third kappa shape index (κ3) is 3.05. The van der Waals surface area contributed by atoms with Crippen LogP contribution in [0.3, 0.4) is 0 Å². The number of pyridine rings is 1. The number of carbonyl (C=O) groups is 2. The normalized spacial score (nSPS) is 26.6. The fraction of sp³-hybridized carbons (Fsp3) is 0.533. The maximum absolute atomic E-state index is 11.9. The lowest BCUT2D eigenvalue weighted by molar-refractivity contribution is -0.134. The Labute approximate surface area is 123 Å². The van der Waals surface area contributed by atoms with Gasteiger partial charge in [-0.3, -0.25) is 14.9 Å². The molecule has 2 fully saturated rings. The van der Waals surface area contributed by atoms with E-state index in [1.807, 2.05) is 12.1 Å². The molecule has 2 amide bonds. The molecule has 1 aromatic rings. The van der Waals surface area contributed by atoms with Crippen molar-refractivity contribution in [2.75, 3.05) is 24.5 Å². The lowest BCUT2D eigenvalue weighted by Gasteiger charge is -2.33. The number of nitrogens with one attached hydrogen (secondary N) is 2. The summed E-state index contributed by atoms with van der Waals surface area (Å²) in [5.41, 5.74) is 0.881. The van der Waals surface area contributed by atoms with Crippen LogP contribution in [0.1, 0.15) is 31.2 Å². The Kier molecular flexibility index (Phi) is 3.88. The average Bonchev–Trinajstić information content (AvgIpc) is 2.47. The number of carbonyl (C=O) groups excluding carboxylic acids is 2. The molecule has 2 aliphatic rings. The van der Waals surface area contributed by atoms with Gasteiger partial charge in [-0.15, -0.1) is 0 Å². The van der Waals surface area contributed by atoms with Crippen LogP contribution in [0.15, 0.2) is 18.3 Å². The molecule has 6 heteroatoms. The van der Waals surface area contributed by atoms with Crippen molar-refractivity contribution < 1.29 is 9.59 Å². The summed E-state index contributed by atoms with van der Waals surface area (Å²) >= 11 is 0. The number of piperidine rings is 1. The molecule has 0 aliphatic carbocycles. The van der Waals surface area contributed by atoms with Gasteiger partial charge in [0.25, 0.3) is 0 Å². The third-order valence-corrected chi connectivity index (χ3v) is 4.11. The van der Waals surface area contributed by atoms with Crippen molar-refractivity contribution in [1.29, 1.82) is 0 Å². The molecular formula is C15H20N4O2. The Bertz CT molecular complexity index is 543. The monoisotopic (exact) mass is 288 g/mol. The van der Waals surface area contributed by atoms with E-state index in [-0.39, 0.29) is 17.7 Å². The second-order valence-electron chi connectivity index (χ2n) is 5.75. The van der Waals surface area contributed by atoms with E-state index in [0.717, 1.165) is 31.0 Å². The fourth-order valence-corrected chi connectivity index (χ4v) is 2.94. The summed E-state index contributed by atoms with van der Waals surface area (Å²) in [5.74, 6) is 0.290. The molecule has 3 heterocycles. The SMILES string of the molecule is CC1CN(c2ccc(C3CCC(=O)NC3=O)cn2)CCN1.